The smallest absolute Gasteiger partial charge is 0.280 e. The molecule has 3 aromatic rings. The van der Waals surface area contributed by atoms with E-state index in [4.69, 9.17) is 0 Å². The number of piperazine rings is 1. The largest absolute Gasteiger partial charge is 0.353 e. The molecule has 1 aliphatic heterocycles. The summed E-state index contributed by atoms with van der Waals surface area (Å²) in [5.41, 5.74) is 0.474. The number of rotatable bonds is 4. The van der Waals surface area contributed by atoms with E-state index in [1.165, 1.54) is 17.8 Å². The summed E-state index contributed by atoms with van der Waals surface area (Å²) in [6.45, 7) is 4.60. The molecule has 0 atom stereocenters. The maximum absolute atomic E-state index is 13.1. The lowest BCUT2D eigenvalue weighted by molar-refractivity contribution is 0.145. The van der Waals surface area contributed by atoms with Crippen molar-refractivity contribution in [1.82, 2.24) is 29.8 Å². The summed E-state index contributed by atoms with van der Waals surface area (Å²) >= 11 is 1.26. The van der Waals surface area contributed by atoms with Gasteiger partial charge in [0.05, 0.1) is 0 Å². The Morgan fingerprint density at radius 3 is 2.37 bits per heavy atom. The lowest BCUT2D eigenvalue weighted by atomic mass is 10.3. The molecule has 1 saturated heterocycles. The van der Waals surface area contributed by atoms with Crippen LogP contribution in [0.3, 0.4) is 0 Å². The van der Waals surface area contributed by atoms with Crippen LogP contribution in [0.2, 0.25) is 0 Å². The van der Waals surface area contributed by atoms with Gasteiger partial charge in [-0.15, -0.1) is 15.3 Å². The van der Waals surface area contributed by atoms with Crippen molar-refractivity contribution in [2.45, 2.75) is 18.5 Å². The van der Waals surface area contributed by atoms with E-state index in [9.17, 15) is 8.78 Å². The van der Waals surface area contributed by atoms with Crippen LogP contribution in [0, 0.1) is 6.92 Å². The Bertz CT molecular complexity index is 955. The van der Waals surface area contributed by atoms with Gasteiger partial charge in [0.25, 0.3) is 6.43 Å². The quantitative estimate of drug-likeness (QED) is 0.494. The Kier molecular flexibility index (Phi) is 4.77. The highest BCUT2D eigenvalue weighted by Crippen LogP contribution is 2.25. The topological polar surface area (TPSA) is 75.3 Å². The molecule has 0 unspecified atom stereocenters. The van der Waals surface area contributed by atoms with Gasteiger partial charge in [0.2, 0.25) is 0 Å². The van der Waals surface area contributed by atoms with Crippen LogP contribution in [-0.4, -0.2) is 62.2 Å². The fraction of sp³-hybridized carbons (Fsp3) is 0.438. The Balaban J connectivity index is 1.51. The van der Waals surface area contributed by atoms with E-state index in [1.807, 2.05) is 24.0 Å². The van der Waals surface area contributed by atoms with E-state index >= 15 is 0 Å². The van der Waals surface area contributed by atoms with Gasteiger partial charge in [0.1, 0.15) is 17.3 Å². The molecule has 4 heterocycles. The van der Waals surface area contributed by atoms with E-state index in [1.54, 1.807) is 10.8 Å². The van der Waals surface area contributed by atoms with E-state index in [2.05, 4.69) is 30.2 Å². The van der Waals surface area contributed by atoms with E-state index in [-0.39, 0.29) is 5.69 Å². The molecule has 4 rings (SSSR count). The number of nitrogens with zero attached hydrogens (tertiary/aromatic N) is 8. The van der Waals surface area contributed by atoms with Crippen molar-refractivity contribution in [3.63, 3.8) is 0 Å². The fourth-order valence-corrected chi connectivity index (χ4v) is 3.40. The number of hydrogen-bond acceptors (Lipinski definition) is 8. The molecular weight excluding hydrogens is 374 g/mol. The van der Waals surface area contributed by atoms with Gasteiger partial charge in [0, 0.05) is 32.2 Å². The monoisotopic (exact) mass is 392 g/mol. The summed E-state index contributed by atoms with van der Waals surface area (Å²) in [4.78, 5) is 12.4. The molecule has 1 aliphatic rings. The second-order valence-corrected chi connectivity index (χ2v) is 6.89. The molecule has 8 nitrogen and oxygen atoms in total. The van der Waals surface area contributed by atoms with Crippen LogP contribution in [0.25, 0.3) is 5.65 Å². The van der Waals surface area contributed by atoms with Gasteiger partial charge >= 0.3 is 0 Å². The minimum atomic E-state index is -2.61. The van der Waals surface area contributed by atoms with Crippen LogP contribution in [0.4, 0.5) is 20.4 Å². The SMILES string of the molecule is CSc1nc(C(F)F)cc(N2CCN(c3ccc4nnc(C)n4n3)CC2)n1. The number of thioether (sulfide) groups is 1. The third-order valence-electron chi connectivity index (χ3n) is 4.45. The average molecular weight is 392 g/mol. The second-order valence-electron chi connectivity index (χ2n) is 6.12. The first kappa shape index (κ1) is 17.8. The first-order valence-electron chi connectivity index (χ1n) is 8.45. The van der Waals surface area contributed by atoms with Crippen molar-refractivity contribution in [3.8, 4) is 0 Å². The lowest BCUT2D eigenvalue weighted by Crippen LogP contribution is -2.47. The van der Waals surface area contributed by atoms with Gasteiger partial charge in [-0.2, -0.15) is 4.52 Å². The fourth-order valence-electron chi connectivity index (χ4n) is 3.02. The highest BCUT2D eigenvalue weighted by molar-refractivity contribution is 7.98. The van der Waals surface area contributed by atoms with Crippen LogP contribution in [0.5, 0.6) is 0 Å². The van der Waals surface area contributed by atoms with Crippen LogP contribution >= 0.6 is 11.8 Å². The average Bonchev–Trinajstić information content (AvgIpc) is 3.08. The predicted octanol–water partition coefficient (Wildman–Crippen LogP) is 2.21. The van der Waals surface area contributed by atoms with Crippen LogP contribution < -0.4 is 9.80 Å². The van der Waals surface area contributed by atoms with E-state index in [0.29, 0.717) is 42.8 Å². The van der Waals surface area contributed by atoms with Gasteiger partial charge in [-0.1, -0.05) is 11.8 Å². The zero-order valence-electron chi connectivity index (χ0n) is 14.9. The molecule has 142 valence electrons. The van der Waals surface area contributed by atoms with Crippen LogP contribution in [-0.2, 0) is 0 Å². The van der Waals surface area contributed by atoms with Crippen molar-refractivity contribution in [3.05, 3.63) is 29.7 Å². The molecule has 0 radical (unpaired) electrons. The molecule has 0 aromatic carbocycles. The van der Waals surface area contributed by atoms with Crippen molar-refractivity contribution in [1.29, 1.82) is 0 Å². The number of aryl methyl sites for hydroxylation is 1. The normalized spacial score (nSPS) is 15.1. The number of hydrogen-bond donors (Lipinski definition) is 0. The molecule has 11 heteroatoms. The molecule has 0 N–H and O–H groups in total. The van der Waals surface area contributed by atoms with Crippen molar-refractivity contribution in [2.24, 2.45) is 0 Å². The Morgan fingerprint density at radius 2 is 1.70 bits per heavy atom. The lowest BCUT2D eigenvalue weighted by Gasteiger charge is -2.36. The second kappa shape index (κ2) is 7.22. The minimum absolute atomic E-state index is 0.234. The van der Waals surface area contributed by atoms with Gasteiger partial charge < -0.3 is 9.80 Å². The zero-order valence-corrected chi connectivity index (χ0v) is 15.7. The van der Waals surface area contributed by atoms with E-state index < -0.39 is 6.43 Å². The highest BCUT2D eigenvalue weighted by Gasteiger charge is 2.22. The molecule has 0 bridgehead atoms. The maximum atomic E-state index is 13.1. The molecular formula is C16H18F2N8S. The molecule has 0 aliphatic carbocycles. The Hall–Kier alpha value is -2.56. The Labute approximate surface area is 158 Å². The molecule has 0 amide bonds. The summed E-state index contributed by atoms with van der Waals surface area (Å²) in [5.74, 6) is 2.11. The first-order valence-corrected chi connectivity index (χ1v) is 9.67. The predicted molar refractivity (Wildman–Crippen MR) is 98.7 cm³/mol. The highest BCUT2D eigenvalue weighted by atomic mass is 32.2. The first-order chi connectivity index (χ1) is 13.0. The van der Waals surface area contributed by atoms with Gasteiger partial charge in [0.15, 0.2) is 16.6 Å². The number of anilines is 2. The zero-order chi connectivity index (χ0) is 19.0. The molecule has 27 heavy (non-hydrogen) atoms. The van der Waals surface area contributed by atoms with E-state index in [0.717, 1.165) is 11.6 Å². The maximum Gasteiger partial charge on any atom is 0.280 e. The number of fused-ring (bicyclic) bond motifs is 1. The molecule has 1 fully saturated rings. The molecule has 0 spiro atoms. The van der Waals surface area contributed by atoms with Gasteiger partial charge in [-0.05, 0) is 25.3 Å². The summed E-state index contributed by atoms with van der Waals surface area (Å²) < 4.78 is 27.9. The third-order valence-corrected chi connectivity index (χ3v) is 5.00. The van der Waals surface area contributed by atoms with Gasteiger partial charge in [-0.3, -0.25) is 0 Å². The van der Waals surface area contributed by atoms with Crippen molar-refractivity contribution in [2.75, 3.05) is 42.2 Å². The summed E-state index contributed by atoms with van der Waals surface area (Å²) in [6.07, 6.45) is -0.831. The summed E-state index contributed by atoms with van der Waals surface area (Å²) in [7, 11) is 0. The molecule has 0 saturated carbocycles. The van der Waals surface area contributed by atoms with Crippen molar-refractivity contribution < 1.29 is 8.78 Å². The third kappa shape index (κ3) is 3.51. The number of alkyl halides is 2. The van der Waals surface area contributed by atoms with Gasteiger partial charge in [-0.25, -0.2) is 18.7 Å². The standard InChI is InChI=1S/C16H18F2N8S/c1-10-21-22-12-3-4-13(23-26(10)12)24-5-7-25(8-6-24)14-9-11(15(17)18)19-16(20-14)27-2/h3-4,9,15H,5-8H2,1-2H3. The molecule has 3 aromatic heterocycles. The summed E-state index contributed by atoms with van der Waals surface area (Å²) in [5, 5.41) is 13.0. The number of aromatic nitrogens is 6. The Morgan fingerprint density at radius 1 is 1.00 bits per heavy atom. The number of halogens is 2. The summed E-state index contributed by atoms with van der Waals surface area (Å²) in [6, 6.07) is 5.19. The van der Waals surface area contributed by atoms with Crippen LogP contribution in [0.15, 0.2) is 23.4 Å². The van der Waals surface area contributed by atoms with Crippen LogP contribution in [0.1, 0.15) is 17.9 Å². The minimum Gasteiger partial charge on any atom is -0.353 e. The van der Waals surface area contributed by atoms with Crippen molar-refractivity contribution >= 4 is 29.0 Å².